The van der Waals surface area contributed by atoms with Crippen LogP contribution in [0.25, 0.3) is 11.1 Å². The van der Waals surface area contributed by atoms with E-state index in [1.807, 2.05) is 42.5 Å². The highest BCUT2D eigenvalue weighted by molar-refractivity contribution is 9.10. The van der Waals surface area contributed by atoms with Crippen molar-refractivity contribution in [3.8, 4) is 0 Å². The molecule has 3 rings (SSSR count). The van der Waals surface area contributed by atoms with Crippen molar-refractivity contribution in [2.75, 3.05) is 5.75 Å². The minimum Gasteiger partial charge on any atom is -0.431 e. The second-order valence-electron chi connectivity index (χ2n) is 4.14. The molecule has 0 aliphatic rings. The molecule has 0 atom stereocenters. The molecule has 1 heterocycles. The third-order valence-corrected chi connectivity index (χ3v) is 4.29. The van der Waals surface area contributed by atoms with Crippen LogP contribution in [0.1, 0.15) is 10.4 Å². The largest absolute Gasteiger partial charge is 0.431 e. The number of nitrogens with zero attached hydrogens (tertiary/aromatic N) is 1. The second-order valence-corrected chi connectivity index (χ2v) is 5.92. The summed E-state index contributed by atoms with van der Waals surface area (Å²) in [6.45, 7) is 0. The average molecular weight is 348 g/mol. The zero-order chi connectivity index (χ0) is 13.9. The van der Waals surface area contributed by atoms with Crippen LogP contribution in [0.15, 0.2) is 62.6 Å². The molecular weight excluding hydrogens is 338 g/mol. The van der Waals surface area contributed by atoms with Gasteiger partial charge in [0.1, 0.15) is 5.52 Å². The van der Waals surface area contributed by atoms with E-state index in [1.54, 1.807) is 6.07 Å². The highest BCUT2D eigenvalue weighted by Gasteiger charge is 2.12. The van der Waals surface area contributed by atoms with Crippen LogP contribution < -0.4 is 0 Å². The predicted molar refractivity (Wildman–Crippen MR) is 83.2 cm³/mol. The molecule has 5 heteroatoms. The number of rotatable bonds is 4. The molecule has 3 nitrogen and oxygen atoms in total. The van der Waals surface area contributed by atoms with Gasteiger partial charge in [-0.1, -0.05) is 58.0 Å². The van der Waals surface area contributed by atoms with Gasteiger partial charge in [-0.15, -0.1) is 0 Å². The van der Waals surface area contributed by atoms with E-state index in [2.05, 4.69) is 20.9 Å². The maximum absolute atomic E-state index is 12.1. The molecule has 20 heavy (non-hydrogen) atoms. The van der Waals surface area contributed by atoms with E-state index in [4.69, 9.17) is 4.42 Å². The Labute approximate surface area is 128 Å². The van der Waals surface area contributed by atoms with Crippen molar-refractivity contribution < 1.29 is 9.21 Å². The Hall–Kier alpha value is -1.59. The third-order valence-electron chi connectivity index (χ3n) is 2.78. The normalized spacial score (nSPS) is 10.8. The van der Waals surface area contributed by atoms with Gasteiger partial charge in [0.25, 0.3) is 5.22 Å². The maximum Gasteiger partial charge on any atom is 0.257 e. The summed E-state index contributed by atoms with van der Waals surface area (Å²) in [6, 6.07) is 15.0. The number of carbonyl (C=O) groups is 1. The lowest BCUT2D eigenvalue weighted by atomic mass is 10.1. The summed E-state index contributed by atoms with van der Waals surface area (Å²) < 4.78 is 6.38. The average Bonchev–Trinajstić information content (AvgIpc) is 2.88. The molecule has 0 aliphatic carbocycles. The number of hydrogen-bond donors (Lipinski definition) is 0. The van der Waals surface area contributed by atoms with Crippen LogP contribution in [-0.2, 0) is 0 Å². The van der Waals surface area contributed by atoms with E-state index in [0.717, 1.165) is 15.6 Å². The monoisotopic (exact) mass is 347 g/mol. The Morgan fingerprint density at radius 1 is 1.15 bits per heavy atom. The number of para-hydroxylation sites is 2. The lowest BCUT2D eigenvalue weighted by molar-refractivity contribution is 0.102. The number of oxazole rings is 1. The first kappa shape index (κ1) is 13.4. The molecule has 0 unspecified atom stereocenters. The van der Waals surface area contributed by atoms with Crippen LogP contribution in [0.5, 0.6) is 0 Å². The highest BCUT2D eigenvalue weighted by Crippen LogP contribution is 2.25. The Bertz CT molecular complexity index is 736. The summed E-state index contributed by atoms with van der Waals surface area (Å²) in [6.07, 6.45) is 0. The van der Waals surface area contributed by atoms with Gasteiger partial charge < -0.3 is 4.42 Å². The van der Waals surface area contributed by atoms with Gasteiger partial charge in [-0.3, -0.25) is 4.79 Å². The summed E-state index contributed by atoms with van der Waals surface area (Å²) in [5, 5.41) is 0.520. The molecule has 2 aromatic carbocycles. The van der Waals surface area contributed by atoms with Crippen molar-refractivity contribution in [2.45, 2.75) is 5.22 Å². The number of benzene rings is 2. The molecule has 0 fully saturated rings. The van der Waals surface area contributed by atoms with Gasteiger partial charge in [0, 0.05) is 10.0 Å². The van der Waals surface area contributed by atoms with Crippen LogP contribution in [0, 0.1) is 0 Å². The Morgan fingerprint density at radius 2 is 1.90 bits per heavy atom. The minimum atomic E-state index is 0.0460. The van der Waals surface area contributed by atoms with E-state index < -0.39 is 0 Å². The van der Waals surface area contributed by atoms with Crippen molar-refractivity contribution in [3.63, 3.8) is 0 Å². The summed E-state index contributed by atoms with van der Waals surface area (Å²) in [5.74, 6) is 0.347. The molecule has 100 valence electrons. The summed E-state index contributed by atoms with van der Waals surface area (Å²) in [5.41, 5.74) is 2.22. The van der Waals surface area contributed by atoms with Gasteiger partial charge in [0.2, 0.25) is 0 Å². The molecule has 0 saturated carbocycles. The number of halogens is 1. The van der Waals surface area contributed by atoms with Crippen LogP contribution in [0.4, 0.5) is 0 Å². The Kier molecular flexibility index (Phi) is 3.89. The number of hydrogen-bond acceptors (Lipinski definition) is 4. The van der Waals surface area contributed by atoms with E-state index in [-0.39, 0.29) is 5.78 Å². The fourth-order valence-corrected chi connectivity index (χ4v) is 3.03. The lowest BCUT2D eigenvalue weighted by Gasteiger charge is -2.01. The van der Waals surface area contributed by atoms with E-state index in [1.165, 1.54) is 11.8 Å². The van der Waals surface area contributed by atoms with E-state index >= 15 is 0 Å². The van der Waals surface area contributed by atoms with Gasteiger partial charge >= 0.3 is 0 Å². The Balaban J connectivity index is 1.73. The molecule has 0 saturated heterocycles. The third kappa shape index (κ3) is 2.78. The highest BCUT2D eigenvalue weighted by atomic mass is 79.9. The van der Waals surface area contributed by atoms with Crippen LogP contribution >= 0.6 is 27.7 Å². The Morgan fingerprint density at radius 3 is 2.70 bits per heavy atom. The molecular formula is C15H10BrNO2S. The fourth-order valence-electron chi connectivity index (χ4n) is 1.81. The van der Waals surface area contributed by atoms with Gasteiger partial charge in [-0.25, -0.2) is 4.98 Å². The van der Waals surface area contributed by atoms with Gasteiger partial charge in [0.05, 0.1) is 5.75 Å². The first-order chi connectivity index (χ1) is 9.74. The molecule has 0 amide bonds. The SMILES string of the molecule is O=C(CSc1nc2ccccc2o1)c1ccccc1Br. The number of aromatic nitrogens is 1. The number of fused-ring (bicyclic) bond motifs is 1. The smallest absolute Gasteiger partial charge is 0.257 e. The minimum absolute atomic E-state index is 0.0460. The number of Topliss-reactive ketones (excluding diaryl/α,β-unsaturated/α-hetero) is 1. The number of carbonyl (C=O) groups excluding carboxylic acids is 1. The molecule has 0 aliphatic heterocycles. The molecule has 0 radical (unpaired) electrons. The predicted octanol–water partition coefficient (Wildman–Crippen LogP) is 4.57. The number of thioether (sulfide) groups is 1. The summed E-state index contributed by atoms with van der Waals surface area (Å²) >= 11 is 4.69. The molecule has 1 aromatic heterocycles. The van der Waals surface area contributed by atoms with Crippen molar-refractivity contribution >= 4 is 44.6 Å². The van der Waals surface area contributed by atoms with E-state index in [9.17, 15) is 4.79 Å². The zero-order valence-electron chi connectivity index (χ0n) is 10.4. The second kappa shape index (κ2) is 5.81. The quantitative estimate of drug-likeness (QED) is 0.512. The summed E-state index contributed by atoms with van der Waals surface area (Å²) in [7, 11) is 0. The van der Waals surface area contributed by atoms with Crippen LogP contribution in [0.2, 0.25) is 0 Å². The molecule has 0 spiro atoms. The van der Waals surface area contributed by atoms with Gasteiger partial charge in [-0.05, 0) is 18.2 Å². The first-order valence-electron chi connectivity index (χ1n) is 6.00. The van der Waals surface area contributed by atoms with Crippen molar-refractivity contribution in [3.05, 3.63) is 58.6 Å². The maximum atomic E-state index is 12.1. The topological polar surface area (TPSA) is 43.1 Å². The van der Waals surface area contributed by atoms with Crippen molar-refractivity contribution in [1.82, 2.24) is 4.98 Å². The van der Waals surface area contributed by atoms with E-state index in [0.29, 0.717) is 16.5 Å². The molecule has 0 N–H and O–H groups in total. The van der Waals surface area contributed by atoms with Crippen molar-refractivity contribution in [1.29, 1.82) is 0 Å². The van der Waals surface area contributed by atoms with Crippen LogP contribution in [0.3, 0.4) is 0 Å². The zero-order valence-corrected chi connectivity index (χ0v) is 12.8. The standard InChI is InChI=1S/C15H10BrNO2S/c16-11-6-2-1-5-10(11)13(18)9-20-15-17-12-7-3-4-8-14(12)19-15/h1-8H,9H2. The fraction of sp³-hybridized carbons (Fsp3) is 0.0667. The van der Waals surface area contributed by atoms with Crippen LogP contribution in [-0.4, -0.2) is 16.5 Å². The van der Waals surface area contributed by atoms with Crippen molar-refractivity contribution in [2.24, 2.45) is 0 Å². The number of ketones is 1. The molecule has 3 aromatic rings. The lowest BCUT2D eigenvalue weighted by Crippen LogP contribution is -2.03. The first-order valence-corrected chi connectivity index (χ1v) is 7.78. The summed E-state index contributed by atoms with van der Waals surface area (Å²) in [4.78, 5) is 16.5. The van der Waals surface area contributed by atoms with Gasteiger partial charge in [-0.2, -0.15) is 0 Å². The van der Waals surface area contributed by atoms with Gasteiger partial charge in [0.15, 0.2) is 11.4 Å². The molecule has 0 bridgehead atoms.